The molecule has 1 heterocycles. The number of morpholine rings is 1. The third kappa shape index (κ3) is 2.90. The van der Waals surface area contributed by atoms with Crippen LogP contribution >= 0.6 is 12.2 Å². The Morgan fingerprint density at radius 2 is 2.50 bits per heavy atom. The largest absolute Gasteiger partial charge is 0.392 e. The molecule has 5 nitrogen and oxygen atoms in total. The van der Waals surface area contributed by atoms with E-state index in [0.717, 1.165) is 0 Å². The lowest BCUT2D eigenvalue weighted by atomic mass is 10.2. The summed E-state index contributed by atoms with van der Waals surface area (Å²) >= 11 is 4.82. The highest BCUT2D eigenvalue weighted by atomic mass is 32.1. The van der Waals surface area contributed by atoms with Crippen LogP contribution in [0.3, 0.4) is 0 Å². The number of nitrogens with two attached hydrogens (primary N) is 1. The molecule has 1 amide bonds. The molecule has 0 aliphatic carbocycles. The summed E-state index contributed by atoms with van der Waals surface area (Å²) in [6, 6.07) is -0.268. The fourth-order valence-electron chi connectivity index (χ4n) is 1.44. The van der Waals surface area contributed by atoms with Crippen LogP contribution in [0.4, 0.5) is 0 Å². The maximum absolute atomic E-state index is 11.4. The molecule has 0 bridgehead atoms. The van der Waals surface area contributed by atoms with Crippen LogP contribution in [-0.4, -0.2) is 55.2 Å². The molecule has 0 saturated carbocycles. The minimum atomic E-state index is -0.268. The zero-order chi connectivity index (χ0) is 10.6. The van der Waals surface area contributed by atoms with Gasteiger partial charge in [-0.05, 0) is 0 Å². The van der Waals surface area contributed by atoms with E-state index in [1.165, 1.54) is 0 Å². The Hall–Kier alpha value is -0.720. The molecule has 3 N–H and O–H groups in total. The second-order valence-corrected chi connectivity index (χ2v) is 3.67. The van der Waals surface area contributed by atoms with Crippen molar-refractivity contribution in [1.82, 2.24) is 10.2 Å². The molecular weight excluding hydrogens is 202 g/mol. The summed E-state index contributed by atoms with van der Waals surface area (Å²) in [5, 5.41) is 2.59. The summed E-state index contributed by atoms with van der Waals surface area (Å²) in [7, 11) is 1.61. The van der Waals surface area contributed by atoms with Gasteiger partial charge in [0.2, 0.25) is 5.91 Å². The van der Waals surface area contributed by atoms with Gasteiger partial charge >= 0.3 is 0 Å². The molecule has 1 atom stereocenters. The van der Waals surface area contributed by atoms with Gasteiger partial charge in [-0.3, -0.25) is 9.69 Å². The number of likely N-dealkylation sites (N-methyl/N-ethyl adjacent to an activating group) is 1. The maximum atomic E-state index is 11.4. The van der Waals surface area contributed by atoms with E-state index in [0.29, 0.717) is 31.3 Å². The van der Waals surface area contributed by atoms with Gasteiger partial charge in [0, 0.05) is 20.1 Å². The fourth-order valence-corrected chi connectivity index (χ4v) is 1.60. The summed E-state index contributed by atoms with van der Waals surface area (Å²) < 4.78 is 5.23. The predicted molar refractivity (Wildman–Crippen MR) is 57.0 cm³/mol. The molecule has 0 aromatic heterocycles. The van der Waals surface area contributed by atoms with E-state index in [9.17, 15) is 4.79 Å². The van der Waals surface area contributed by atoms with E-state index in [1.54, 1.807) is 7.05 Å². The quantitative estimate of drug-likeness (QED) is 0.576. The standard InChI is InChI=1S/C8H15N3O2S/c1-10-8(12)6-5-13-3-2-11(6)4-7(9)14/h6H,2-5H2,1H3,(H2,9,14)(H,10,12). The highest BCUT2D eigenvalue weighted by Crippen LogP contribution is 2.06. The molecular formula is C8H15N3O2S. The van der Waals surface area contributed by atoms with Gasteiger partial charge in [0.25, 0.3) is 0 Å². The van der Waals surface area contributed by atoms with Crippen molar-refractivity contribution >= 4 is 23.1 Å². The highest BCUT2D eigenvalue weighted by Gasteiger charge is 2.28. The average molecular weight is 217 g/mol. The Labute approximate surface area is 88.6 Å². The minimum Gasteiger partial charge on any atom is -0.392 e. The molecule has 1 saturated heterocycles. The summed E-state index contributed by atoms with van der Waals surface area (Å²) in [5.74, 6) is -0.0547. The first-order chi connectivity index (χ1) is 6.65. The normalized spacial score (nSPS) is 23.1. The van der Waals surface area contributed by atoms with E-state index < -0.39 is 0 Å². The Morgan fingerprint density at radius 3 is 3.07 bits per heavy atom. The maximum Gasteiger partial charge on any atom is 0.239 e. The third-order valence-corrected chi connectivity index (χ3v) is 2.28. The molecule has 0 aromatic carbocycles. The van der Waals surface area contributed by atoms with Gasteiger partial charge in [0.15, 0.2) is 0 Å². The number of carbonyl (C=O) groups is 1. The van der Waals surface area contributed by atoms with E-state index in [2.05, 4.69) is 5.32 Å². The predicted octanol–water partition coefficient (Wildman–Crippen LogP) is -1.28. The van der Waals surface area contributed by atoms with Gasteiger partial charge in [-0.2, -0.15) is 0 Å². The van der Waals surface area contributed by atoms with Crippen molar-refractivity contribution in [2.75, 3.05) is 33.4 Å². The lowest BCUT2D eigenvalue weighted by Crippen LogP contribution is -2.55. The molecule has 1 aliphatic heterocycles. The first-order valence-corrected chi connectivity index (χ1v) is 4.87. The number of carbonyl (C=O) groups excluding carboxylic acids is 1. The summed E-state index contributed by atoms with van der Waals surface area (Å²) in [6.07, 6.45) is 0. The van der Waals surface area contributed by atoms with Gasteiger partial charge in [0.1, 0.15) is 6.04 Å². The molecule has 0 radical (unpaired) electrons. The Morgan fingerprint density at radius 1 is 1.79 bits per heavy atom. The Kier molecular flexibility index (Phi) is 4.24. The number of hydrogen-bond acceptors (Lipinski definition) is 4. The molecule has 1 fully saturated rings. The number of amides is 1. The van der Waals surface area contributed by atoms with Crippen molar-refractivity contribution in [3.8, 4) is 0 Å². The highest BCUT2D eigenvalue weighted by molar-refractivity contribution is 7.80. The van der Waals surface area contributed by atoms with Crippen LogP contribution in [0.1, 0.15) is 0 Å². The second-order valence-electron chi connectivity index (χ2n) is 3.14. The van der Waals surface area contributed by atoms with Crippen molar-refractivity contribution in [1.29, 1.82) is 0 Å². The van der Waals surface area contributed by atoms with Crippen LogP contribution in [0.25, 0.3) is 0 Å². The van der Waals surface area contributed by atoms with Crippen LogP contribution in [-0.2, 0) is 9.53 Å². The molecule has 6 heteroatoms. The average Bonchev–Trinajstić information content (AvgIpc) is 2.16. The summed E-state index contributed by atoms with van der Waals surface area (Å²) in [5.41, 5.74) is 5.44. The van der Waals surface area contributed by atoms with Crippen molar-refractivity contribution < 1.29 is 9.53 Å². The Balaban J connectivity index is 2.58. The lowest BCUT2D eigenvalue weighted by Gasteiger charge is -2.33. The van der Waals surface area contributed by atoms with Crippen molar-refractivity contribution in [3.05, 3.63) is 0 Å². The van der Waals surface area contributed by atoms with Crippen LogP contribution in [0.15, 0.2) is 0 Å². The van der Waals surface area contributed by atoms with E-state index in [-0.39, 0.29) is 11.9 Å². The molecule has 1 rings (SSSR count). The number of nitrogens with zero attached hydrogens (tertiary/aromatic N) is 1. The number of ether oxygens (including phenoxy) is 1. The second kappa shape index (κ2) is 5.23. The molecule has 0 spiro atoms. The van der Waals surface area contributed by atoms with E-state index in [4.69, 9.17) is 22.7 Å². The van der Waals surface area contributed by atoms with Crippen LogP contribution in [0.5, 0.6) is 0 Å². The van der Waals surface area contributed by atoms with Crippen LogP contribution in [0, 0.1) is 0 Å². The summed E-state index contributed by atoms with van der Waals surface area (Å²) in [4.78, 5) is 13.8. The zero-order valence-electron chi connectivity index (χ0n) is 8.16. The molecule has 1 aliphatic rings. The molecule has 80 valence electrons. The van der Waals surface area contributed by atoms with Crippen molar-refractivity contribution in [2.45, 2.75) is 6.04 Å². The first-order valence-electron chi connectivity index (χ1n) is 4.47. The lowest BCUT2D eigenvalue weighted by molar-refractivity contribution is -0.131. The molecule has 14 heavy (non-hydrogen) atoms. The number of rotatable bonds is 3. The first kappa shape index (κ1) is 11.4. The van der Waals surface area contributed by atoms with Crippen LogP contribution < -0.4 is 11.1 Å². The number of thiocarbonyl (C=S) groups is 1. The van der Waals surface area contributed by atoms with Gasteiger partial charge in [-0.1, -0.05) is 12.2 Å². The summed E-state index contributed by atoms with van der Waals surface area (Å²) in [6.45, 7) is 2.19. The van der Waals surface area contributed by atoms with E-state index in [1.807, 2.05) is 4.90 Å². The van der Waals surface area contributed by atoms with E-state index >= 15 is 0 Å². The Bertz CT molecular complexity index is 235. The topological polar surface area (TPSA) is 67.6 Å². The minimum absolute atomic E-state index is 0.0547. The molecule has 1 unspecified atom stereocenters. The number of nitrogens with one attached hydrogen (secondary N) is 1. The zero-order valence-corrected chi connectivity index (χ0v) is 8.97. The smallest absolute Gasteiger partial charge is 0.239 e. The van der Waals surface area contributed by atoms with Crippen molar-refractivity contribution in [2.24, 2.45) is 5.73 Å². The van der Waals surface area contributed by atoms with Gasteiger partial charge < -0.3 is 15.8 Å². The van der Waals surface area contributed by atoms with Gasteiger partial charge in [0.05, 0.1) is 18.2 Å². The fraction of sp³-hybridized carbons (Fsp3) is 0.750. The molecule has 0 aromatic rings. The monoisotopic (exact) mass is 217 g/mol. The third-order valence-electron chi connectivity index (χ3n) is 2.15. The van der Waals surface area contributed by atoms with Crippen LogP contribution in [0.2, 0.25) is 0 Å². The van der Waals surface area contributed by atoms with Crippen molar-refractivity contribution in [3.63, 3.8) is 0 Å². The van der Waals surface area contributed by atoms with Gasteiger partial charge in [-0.15, -0.1) is 0 Å². The SMILES string of the molecule is CNC(=O)C1COCCN1CC(N)=S. The number of hydrogen-bond donors (Lipinski definition) is 2. The van der Waals surface area contributed by atoms with Gasteiger partial charge in [-0.25, -0.2) is 0 Å².